The molecule has 1 unspecified atom stereocenters. The molecule has 0 aliphatic heterocycles. The van der Waals surface area contributed by atoms with Crippen LogP contribution in [0.25, 0.3) is 31.9 Å². The van der Waals surface area contributed by atoms with Crippen molar-refractivity contribution >= 4 is 38.6 Å². The normalized spacial score (nSPS) is 14.8. The van der Waals surface area contributed by atoms with Crippen LogP contribution in [-0.4, -0.2) is 4.98 Å². The standard InChI is InChI=1S/C55H52N2O2S/c1-9-55(8)48-32-36(52-56-50-18-10-11-19-51(50)60-52)20-30-46(48)47-31-25-41(35-49(47)55)57(39-14-12-16-44(33-39)58-42-26-21-37(22-27-42)53(2,3)4)40-15-13-17-45(34-40)59-43-28-23-38(24-29-43)54(5,6)7/h10-35H,9H2,1-8H3. The maximum absolute atomic E-state index is 6.52. The van der Waals surface area contributed by atoms with Gasteiger partial charge in [0, 0.05) is 40.2 Å². The van der Waals surface area contributed by atoms with E-state index in [1.54, 1.807) is 11.3 Å². The summed E-state index contributed by atoms with van der Waals surface area (Å²) in [6.07, 6.45) is 0.953. The molecule has 7 aromatic carbocycles. The van der Waals surface area contributed by atoms with Gasteiger partial charge in [-0.15, -0.1) is 11.3 Å². The van der Waals surface area contributed by atoms with Crippen LogP contribution < -0.4 is 14.4 Å². The van der Waals surface area contributed by atoms with Crippen LogP contribution in [0.3, 0.4) is 0 Å². The number of para-hydroxylation sites is 1. The first-order chi connectivity index (χ1) is 28.8. The summed E-state index contributed by atoms with van der Waals surface area (Å²) >= 11 is 1.76. The molecule has 1 aliphatic carbocycles. The number of thiazole rings is 1. The minimum Gasteiger partial charge on any atom is -0.457 e. The van der Waals surface area contributed by atoms with Crippen molar-refractivity contribution in [2.24, 2.45) is 0 Å². The molecule has 5 heteroatoms. The maximum atomic E-state index is 6.52. The summed E-state index contributed by atoms with van der Waals surface area (Å²) < 4.78 is 14.3. The molecule has 9 rings (SSSR count). The van der Waals surface area contributed by atoms with Gasteiger partial charge in [0.25, 0.3) is 0 Å². The van der Waals surface area contributed by atoms with Crippen molar-refractivity contribution in [2.75, 3.05) is 4.90 Å². The molecular weight excluding hydrogens is 753 g/mol. The van der Waals surface area contributed by atoms with E-state index in [2.05, 4.69) is 206 Å². The largest absolute Gasteiger partial charge is 0.457 e. The highest BCUT2D eigenvalue weighted by molar-refractivity contribution is 7.21. The smallest absolute Gasteiger partial charge is 0.129 e. The molecule has 4 nitrogen and oxygen atoms in total. The molecule has 8 aromatic rings. The Bertz CT molecular complexity index is 2710. The lowest BCUT2D eigenvalue weighted by atomic mass is 9.77. The Balaban J connectivity index is 1.11. The van der Waals surface area contributed by atoms with Crippen molar-refractivity contribution in [1.29, 1.82) is 0 Å². The number of aromatic nitrogens is 1. The molecule has 0 radical (unpaired) electrons. The van der Waals surface area contributed by atoms with Gasteiger partial charge in [-0.2, -0.15) is 0 Å². The number of anilines is 3. The molecule has 300 valence electrons. The van der Waals surface area contributed by atoms with E-state index in [9.17, 15) is 0 Å². The SMILES string of the molecule is CCC1(C)c2cc(-c3nc4ccccc4s3)ccc2-c2ccc(N(c3cccc(Oc4ccc(C(C)(C)C)cc4)c3)c3cccc(Oc4ccc(C(C)(C)C)cc4)c3)cc21. The molecule has 0 saturated heterocycles. The van der Waals surface area contributed by atoms with Crippen molar-refractivity contribution in [3.05, 3.63) is 180 Å². The molecule has 0 amide bonds. The highest BCUT2D eigenvalue weighted by Gasteiger charge is 2.39. The summed E-state index contributed by atoms with van der Waals surface area (Å²) in [7, 11) is 0. The van der Waals surface area contributed by atoms with E-state index in [1.165, 1.54) is 43.6 Å². The zero-order valence-electron chi connectivity index (χ0n) is 35.8. The first-order valence-corrected chi connectivity index (χ1v) is 21.8. The molecule has 0 N–H and O–H groups in total. The Morgan fingerprint density at radius 1 is 0.533 bits per heavy atom. The topological polar surface area (TPSA) is 34.6 Å². The number of hydrogen-bond donors (Lipinski definition) is 0. The van der Waals surface area contributed by atoms with E-state index < -0.39 is 0 Å². The molecule has 1 aliphatic rings. The fourth-order valence-corrected chi connectivity index (χ4v) is 9.35. The van der Waals surface area contributed by atoms with Gasteiger partial charge in [0.2, 0.25) is 0 Å². The second kappa shape index (κ2) is 15.1. The molecule has 0 spiro atoms. The van der Waals surface area contributed by atoms with Crippen LogP contribution >= 0.6 is 11.3 Å². The fourth-order valence-electron chi connectivity index (χ4n) is 8.39. The first-order valence-electron chi connectivity index (χ1n) is 21.0. The number of fused-ring (bicyclic) bond motifs is 4. The van der Waals surface area contributed by atoms with Crippen LogP contribution in [0.2, 0.25) is 0 Å². The van der Waals surface area contributed by atoms with Crippen LogP contribution in [0.15, 0.2) is 158 Å². The molecule has 0 bridgehead atoms. The highest BCUT2D eigenvalue weighted by atomic mass is 32.1. The van der Waals surface area contributed by atoms with Crippen molar-refractivity contribution in [1.82, 2.24) is 4.98 Å². The Hall–Kier alpha value is -6.17. The van der Waals surface area contributed by atoms with Gasteiger partial charge in [-0.25, -0.2) is 4.98 Å². The van der Waals surface area contributed by atoms with Crippen LogP contribution in [0.1, 0.15) is 84.1 Å². The quantitative estimate of drug-likeness (QED) is 0.146. The number of rotatable bonds is 9. The lowest BCUT2D eigenvalue weighted by molar-refractivity contribution is 0.481. The number of benzene rings is 7. The zero-order chi connectivity index (χ0) is 41.8. The van der Waals surface area contributed by atoms with E-state index in [4.69, 9.17) is 14.5 Å². The maximum Gasteiger partial charge on any atom is 0.129 e. The molecule has 0 saturated carbocycles. The average Bonchev–Trinajstić information content (AvgIpc) is 3.78. The van der Waals surface area contributed by atoms with Gasteiger partial charge in [-0.3, -0.25) is 0 Å². The number of ether oxygens (including phenoxy) is 2. The molecule has 1 heterocycles. The summed E-state index contributed by atoms with van der Waals surface area (Å²) in [4.78, 5) is 7.34. The average molecular weight is 805 g/mol. The lowest BCUT2D eigenvalue weighted by Crippen LogP contribution is -2.20. The Morgan fingerprint density at radius 3 is 1.58 bits per heavy atom. The second-order valence-corrected chi connectivity index (χ2v) is 19.3. The zero-order valence-corrected chi connectivity index (χ0v) is 36.7. The van der Waals surface area contributed by atoms with Crippen molar-refractivity contribution in [3.8, 4) is 44.7 Å². The van der Waals surface area contributed by atoms with Gasteiger partial charge in [0.15, 0.2) is 0 Å². The van der Waals surface area contributed by atoms with Crippen molar-refractivity contribution in [2.45, 2.75) is 78.1 Å². The summed E-state index contributed by atoms with van der Waals surface area (Å²) in [5, 5.41) is 1.06. The fraction of sp³-hybridized carbons (Fsp3) is 0.218. The first kappa shape index (κ1) is 39.3. The van der Waals surface area contributed by atoms with Gasteiger partial charge >= 0.3 is 0 Å². The molecule has 0 fully saturated rings. The predicted molar refractivity (Wildman–Crippen MR) is 252 cm³/mol. The van der Waals surface area contributed by atoms with E-state index in [-0.39, 0.29) is 16.2 Å². The van der Waals surface area contributed by atoms with Crippen LogP contribution in [0, 0.1) is 0 Å². The van der Waals surface area contributed by atoms with Gasteiger partial charge in [-0.05, 0) is 129 Å². The minimum atomic E-state index is -0.201. The summed E-state index contributed by atoms with van der Waals surface area (Å²) in [5.74, 6) is 3.14. The minimum absolute atomic E-state index is 0.0663. The number of hydrogen-bond acceptors (Lipinski definition) is 5. The highest BCUT2D eigenvalue weighted by Crippen LogP contribution is 2.53. The van der Waals surface area contributed by atoms with E-state index in [0.717, 1.165) is 57.0 Å². The van der Waals surface area contributed by atoms with Crippen molar-refractivity contribution in [3.63, 3.8) is 0 Å². The Labute approximate surface area is 359 Å². The lowest BCUT2D eigenvalue weighted by Gasteiger charge is -2.30. The number of nitrogens with zero attached hydrogens (tertiary/aromatic N) is 2. The van der Waals surface area contributed by atoms with Crippen LogP contribution in [0.5, 0.6) is 23.0 Å². The van der Waals surface area contributed by atoms with Gasteiger partial charge in [0.05, 0.1) is 10.2 Å². The van der Waals surface area contributed by atoms with Crippen molar-refractivity contribution < 1.29 is 9.47 Å². The Kier molecular flexibility index (Phi) is 9.91. The molecule has 60 heavy (non-hydrogen) atoms. The summed E-state index contributed by atoms with van der Waals surface area (Å²) in [5.41, 5.74) is 13.0. The van der Waals surface area contributed by atoms with E-state index in [0.29, 0.717) is 0 Å². The predicted octanol–water partition coefficient (Wildman–Crippen LogP) is 16.3. The van der Waals surface area contributed by atoms with E-state index in [1.807, 2.05) is 12.1 Å². The molecular formula is C55H52N2O2S. The van der Waals surface area contributed by atoms with Gasteiger partial charge in [-0.1, -0.05) is 122 Å². The monoisotopic (exact) mass is 804 g/mol. The Morgan fingerprint density at radius 2 is 1.05 bits per heavy atom. The molecule has 1 aromatic heterocycles. The van der Waals surface area contributed by atoms with Gasteiger partial charge in [0.1, 0.15) is 28.0 Å². The van der Waals surface area contributed by atoms with Crippen LogP contribution in [0.4, 0.5) is 17.1 Å². The summed E-state index contributed by atoms with van der Waals surface area (Å²) in [6, 6.07) is 55.9. The third kappa shape index (κ3) is 7.48. The third-order valence-electron chi connectivity index (χ3n) is 12.1. The summed E-state index contributed by atoms with van der Waals surface area (Å²) in [6.45, 7) is 18.1. The molecule has 1 atom stereocenters. The van der Waals surface area contributed by atoms with Crippen LogP contribution in [-0.2, 0) is 16.2 Å². The van der Waals surface area contributed by atoms with E-state index >= 15 is 0 Å². The third-order valence-corrected chi connectivity index (χ3v) is 13.2. The van der Waals surface area contributed by atoms with Gasteiger partial charge < -0.3 is 14.4 Å². The second-order valence-electron chi connectivity index (χ2n) is 18.2.